The molecule has 2 unspecified atom stereocenters. The molecule has 86 valence electrons. The molecular weight excluding hydrogens is 203 g/mol. The van der Waals surface area contributed by atoms with Crippen molar-refractivity contribution < 1.29 is 9.50 Å². The third-order valence-electron chi connectivity index (χ3n) is 4.42. The Kier molecular flexibility index (Phi) is 2.12. The normalized spacial score (nSPS) is 36.9. The second kappa shape index (κ2) is 3.30. The average molecular weight is 220 g/mol. The first-order chi connectivity index (χ1) is 7.64. The molecule has 1 nitrogen and oxygen atoms in total. The molecular formula is C14H17FO. The minimum absolute atomic E-state index is 0.199. The Balaban J connectivity index is 1.95. The van der Waals surface area contributed by atoms with Gasteiger partial charge in [0.25, 0.3) is 0 Å². The molecule has 0 spiro atoms. The molecule has 2 atom stereocenters. The minimum atomic E-state index is -0.717. The van der Waals surface area contributed by atoms with Crippen molar-refractivity contribution in [3.8, 4) is 0 Å². The summed E-state index contributed by atoms with van der Waals surface area (Å²) in [6.45, 7) is 1.75. The van der Waals surface area contributed by atoms with Crippen molar-refractivity contribution in [1.82, 2.24) is 0 Å². The summed E-state index contributed by atoms with van der Waals surface area (Å²) in [6, 6.07) is 5.18. The third kappa shape index (κ3) is 1.26. The van der Waals surface area contributed by atoms with Crippen molar-refractivity contribution in [3.63, 3.8) is 0 Å². The maximum Gasteiger partial charge on any atom is 0.126 e. The fourth-order valence-corrected chi connectivity index (χ4v) is 3.36. The summed E-state index contributed by atoms with van der Waals surface area (Å²) in [7, 11) is 0. The highest BCUT2D eigenvalue weighted by molar-refractivity contribution is 5.35. The zero-order chi connectivity index (χ0) is 11.3. The zero-order valence-electron chi connectivity index (χ0n) is 9.54. The summed E-state index contributed by atoms with van der Waals surface area (Å²) < 4.78 is 13.5. The van der Waals surface area contributed by atoms with Crippen LogP contribution in [0.25, 0.3) is 0 Å². The Morgan fingerprint density at radius 2 is 1.88 bits per heavy atom. The van der Waals surface area contributed by atoms with E-state index in [1.165, 1.54) is 18.9 Å². The number of aliphatic hydroxyl groups is 1. The van der Waals surface area contributed by atoms with Crippen LogP contribution in [-0.2, 0) is 5.60 Å². The Hall–Kier alpha value is -0.890. The quantitative estimate of drug-likeness (QED) is 0.771. The van der Waals surface area contributed by atoms with Gasteiger partial charge in [-0.3, -0.25) is 0 Å². The van der Waals surface area contributed by atoms with Gasteiger partial charge in [-0.15, -0.1) is 0 Å². The predicted molar refractivity (Wildman–Crippen MR) is 60.5 cm³/mol. The van der Waals surface area contributed by atoms with E-state index < -0.39 is 5.60 Å². The summed E-state index contributed by atoms with van der Waals surface area (Å²) in [6.07, 6.45) is 4.60. The molecule has 0 amide bonds. The van der Waals surface area contributed by atoms with E-state index in [9.17, 15) is 9.50 Å². The third-order valence-corrected chi connectivity index (χ3v) is 4.42. The highest BCUT2D eigenvalue weighted by Gasteiger charge is 2.64. The number of rotatable bonds is 1. The topological polar surface area (TPSA) is 20.2 Å². The van der Waals surface area contributed by atoms with Gasteiger partial charge in [-0.25, -0.2) is 4.39 Å². The van der Waals surface area contributed by atoms with Crippen LogP contribution in [0.2, 0.25) is 0 Å². The van der Waals surface area contributed by atoms with Gasteiger partial charge in [0.05, 0.1) is 5.60 Å². The summed E-state index contributed by atoms with van der Waals surface area (Å²) in [5, 5.41) is 10.6. The van der Waals surface area contributed by atoms with E-state index in [0.717, 1.165) is 18.4 Å². The molecule has 3 rings (SSSR count). The van der Waals surface area contributed by atoms with E-state index in [2.05, 4.69) is 0 Å². The predicted octanol–water partition coefficient (Wildman–Crippen LogP) is 3.14. The number of hydrogen-bond donors (Lipinski definition) is 1. The van der Waals surface area contributed by atoms with E-state index in [1.807, 2.05) is 6.07 Å². The van der Waals surface area contributed by atoms with Crippen molar-refractivity contribution in [3.05, 3.63) is 35.1 Å². The second-order valence-corrected chi connectivity index (χ2v) is 5.29. The van der Waals surface area contributed by atoms with Crippen LogP contribution in [0.3, 0.4) is 0 Å². The highest BCUT2D eigenvalue weighted by Crippen LogP contribution is 2.64. The van der Waals surface area contributed by atoms with Crippen LogP contribution in [0.5, 0.6) is 0 Å². The molecule has 0 heterocycles. The first-order valence-corrected chi connectivity index (χ1v) is 6.13. The van der Waals surface area contributed by atoms with Crippen LogP contribution in [0.1, 0.15) is 36.8 Å². The average Bonchev–Trinajstić information content (AvgIpc) is 2.91. The first kappa shape index (κ1) is 10.3. The number of halogens is 1. The summed E-state index contributed by atoms with van der Waals surface area (Å²) in [5.74, 6) is 0.557. The van der Waals surface area contributed by atoms with E-state index in [4.69, 9.17) is 0 Å². The van der Waals surface area contributed by atoms with Crippen molar-refractivity contribution in [2.45, 2.75) is 38.2 Å². The van der Waals surface area contributed by atoms with Crippen molar-refractivity contribution in [2.24, 2.45) is 11.8 Å². The molecule has 1 aromatic rings. The van der Waals surface area contributed by atoms with Gasteiger partial charge in [-0.1, -0.05) is 25.0 Å². The Morgan fingerprint density at radius 1 is 1.25 bits per heavy atom. The van der Waals surface area contributed by atoms with E-state index in [-0.39, 0.29) is 5.82 Å². The van der Waals surface area contributed by atoms with Crippen molar-refractivity contribution in [2.75, 3.05) is 0 Å². The molecule has 16 heavy (non-hydrogen) atoms. The molecule has 2 aliphatic rings. The SMILES string of the molecule is Cc1ccc(C2(O)C3CCCCC32)cc1F. The minimum Gasteiger partial charge on any atom is -0.385 e. The van der Waals surface area contributed by atoms with Gasteiger partial charge in [-0.2, -0.15) is 0 Å². The zero-order valence-corrected chi connectivity index (χ0v) is 9.54. The standard InChI is InChI=1S/C14H17FO/c1-9-6-7-10(8-13(9)15)14(16)11-4-2-3-5-12(11)14/h6-8,11-12,16H,2-5H2,1H3. The van der Waals surface area contributed by atoms with Gasteiger partial charge < -0.3 is 5.11 Å². The van der Waals surface area contributed by atoms with Gasteiger partial charge in [-0.05, 0) is 48.8 Å². The maximum absolute atomic E-state index is 13.5. The van der Waals surface area contributed by atoms with Gasteiger partial charge in [0.15, 0.2) is 0 Å². The fraction of sp³-hybridized carbons (Fsp3) is 0.571. The molecule has 0 saturated heterocycles. The van der Waals surface area contributed by atoms with Crippen LogP contribution in [0, 0.1) is 24.6 Å². The van der Waals surface area contributed by atoms with Gasteiger partial charge in [0.1, 0.15) is 5.82 Å². The van der Waals surface area contributed by atoms with Crippen LogP contribution < -0.4 is 0 Å². The molecule has 2 fully saturated rings. The maximum atomic E-state index is 13.5. The second-order valence-electron chi connectivity index (χ2n) is 5.29. The van der Waals surface area contributed by atoms with Gasteiger partial charge in [0.2, 0.25) is 0 Å². The van der Waals surface area contributed by atoms with Crippen LogP contribution in [-0.4, -0.2) is 5.11 Å². The Bertz CT molecular complexity index is 415. The van der Waals surface area contributed by atoms with Gasteiger partial charge in [0, 0.05) is 0 Å². The van der Waals surface area contributed by atoms with Crippen molar-refractivity contribution >= 4 is 0 Å². The molecule has 0 aliphatic heterocycles. The lowest BCUT2D eigenvalue weighted by Gasteiger charge is -2.12. The molecule has 0 bridgehead atoms. The Morgan fingerprint density at radius 3 is 2.44 bits per heavy atom. The summed E-state index contributed by atoms with van der Waals surface area (Å²) >= 11 is 0. The largest absolute Gasteiger partial charge is 0.385 e. The van der Waals surface area contributed by atoms with E-state index in [1.54, 1.807) is 13.0 Å². The van der Waals surface area contributed by atoms with Crippen LogP contribution in [0.4, 0.5) is 4.39 Å². The van der Waals surface area contributed by atoms with Gasteiger partial charge >= 0.3 is 0 Å². The van der Waals surface area contributed by atoms with E-state index >= 15 is 0 Å². The lowest BCUT2D eigenvalue weighted by molar-refractivity contribution is 0.117. The summed E-state index contributed by atoms with van der Waals surface area (Å²) in [5.41, 5.74) is 0.717. The smallest absolute Gasteiger partial charge is 0.126 e. The Labute approximate surface area is 95.3 Å². The number of hydrogen-bond acceptors (Lipinski definition) is 1. The van der Waals surface area contributed by atoms with E-state index in [0.29, 0.717) is 17.4 Å². The first-order valence-electron chi connectivity index (χ1n) is 6.13. The molecule has 1 aromatic carbocycles. The van der Waals surface area contributed by atoms with Crippen LogP contribution >= 0.6 is 0 Å². The lowest BCUT2D eigenvalue weighted by atomic mass is 10.0. The lowest BCUT2D eigenvalue weighted by Crippen LogP contribution is -2.10. The number of fused-ring (bicyclic) bond motifs is 1. The summed E-state index contributed by atoms with van der Waals surface area (Å²) in [4.78, 5) is 0. The van der Waals surface area contributed by atoms with Crippen LogP contribution in [0.15, 0.2) is 18.2 Å². The molecule has 0 aromatic heterocycles. The number of aryl methyl sites for hydroxylation is 1. The fourth-order valence-electron chi connectivity index (χ4n) is 3.36. The molecule has 0 radical (unpaired) electrons. The molecule has 2 saturated carbocycles. The monoisotopic (exact) mass is 220 g/mol. The highest BCUT2D eigenvalue weighted by atomic mass is 19.1. The number of benzene rings is 1. The molecule has 2 aliphatic carbocycles. The van der Waals surface area contributed by atoms with Crippen molar-refractivity contribution in [1.29, 1.82) is 0 Å². The molecule has 2 heteroatoms. The molecule has 1 N–H and O–H groups in total.